The number of halogens is 2. The lowest BCUT2D eigenvalue weighted by atomic mass is 10.0. The van der Waals surface area contributed by atoms with Crippen LogP contribution in [0.25, 0.3) is 0 Å². The largest absolute Gasteiger partial charge is 0.486 e. The van der Waals surface area contributed by atoms with Gasteiger partial charge in [-0.1, -0.05) is 0 Å². The smallest absolute Gasteiger partial charge is 0.271 e. The van der Waals surface area contributed by atoms with Crippen molar-refractivity contribution in [1.82, 2.24) is 0 Å². The summed E-state index contributed by atoms with van der Waals surface area (Å²) in [5.74, 6) is 2.72. The summed E-state index contributed by atoms with van der Waals surface area (Å²) in [6.07, 6.45) is 0. The number of ether oxygens (including phenoxy) is 2. The Kier molecular flexibility index (Phi) is 3.17. The molecule has 0 bridgehead atoms. The summed E-state index contributed by atoms with van der Waals surface area (Å²) in [5, 5.41) is 0. The first-order valence-electron chi connectivity index (χ1n) is 5.15. The van der Waals surface area contributed by atoms with Gasteiger partial charge in [0.1, 0.15) is 13.2 Å². The first-order chi connectivity index (χ1) is 8.02. The Morgan fingerprint density at radius 2 is 1.88 bits per heavy atom. The van der Waals surface area contributed by atoms with Crippen molar-refractivity contribution in [2.75, 3.05) is 13.2 Å². The summed E-state index contributed by atoms with van der Waals surface area (Å²) in [5.41, 5.74) is 0.136. The van der Waals surface area contributed by atoms with Crippen molar-refractivity contribution in [3.05, 3.63) is 23.3 Å². The molecule has 1 aliphatic rings. The third-order valence-corrected chi connectivity index (χ3v) is 2.48. The van der Waals surface area contributed by atoms with Crippen molar-refractivity contribution in [3.63, 3.8) is 0 Å². The fourth-order valence-corrected chi connectivity index (χ4v) is 1.75. The van der Waals surface area contributed by atoms with E-state index in [1.54, 1.807) is 0 Å². The third-order valence-electron chi connectivity index (χ3n) is 2.48. The standard InChI is InChI=1S/C11H13F2NO3/c1-11(12,13)8-5-10-9(15-2-3-16-10)4-7(8)6-17-14/h4-5H,2-3,6,14H2,1H3. The van der Waals surface area contributed by atoms with Gasteiger partial charge in [-0.2, -0.15) is 0 Å². The molecule has 0 saturated heterocycles. The van der Waals surface area contributed by atoms with Gasteiger partial charge in [0.15, 0.2) is 11.5 Å². The molecule has 0 unspecified atom stereocenters. The van der Waals surface area contributed by atoms with Gasteiger partial charge in [0.25, 0.3) is 5.92 Å². The lowest BCUT2D eigenvalue weighted by Crippen LogP contribution is -2.19. The second-order valence-electron chi connectivity index (χ2n) is 3.85. The molecular formula is C11H13F2NO3. The summed E-state index contributed by atoms with van der Waals surface area (Å²) in [4.78, 5) is 4.43. The van der Waals surface area contributed by atoms with E-state index in [2.05, 4.69) is 4.84 Å². The average Bonchev–Trinajstić information content (AvgIpc) is 2.27. The average molecular weight is 245 g/mol. The first kappa shape index (κ1) is 12.1. The number of rotatable bonds is 3. The van der Waals surface area contributed by atoms with E-state index in [0.717, 1.165) is 6.92 Å². The molecule has 0 amide bonds. The second kappa shape index (κ2) is 4.46. The Labute approximate surface area is 97.2 Å². The fraction of sp³-hybridized carbons (Fsp3) is 0.455. The molecule has 1 heterocycles. The molecule has 1 aliphatic heterocycles. The Morgan fingerprint density at radius 1 is 1.29 bits per heavy atom. The maximum Gasteiger partial charge on any atom is 0.271 e. The summed E-state index contributed by atoms with van der Waals surface area (Å²) in [7, 11) is 0. The lowest BCUT2D eigenvalue weighted by molar-refractivity contribution is 0.0132. The van der Waals surface area contributed by atoms with Gasteiger partial charge in [-0.25, -0.2) is 14.7 Å². The molecule has 1 aromatic carbocycles. The highest BCUT2D eigenvalue weighted by atomic mass is 19.3. The SMILES string of the molecule is CC(F)(F)c1cc2c(cc1CON)OCCO2. The zero-order valence-electron chi connectivity index (χ0n) is 9.33. The Morgan fingerprint density at radius 3 is 2.41 bits per heavy atom. The molecule has 0 saturated carbocycles. The van der Waals surface area contributed by atoms with Gasteiger partial charge in [-0.15, -0.1) is 0 Å². The molecule has 0 aromatic heterocycles. The van der Waals surface area contributed by atoms with E-state index >= 15 is 0 Å². The highest BCUT2D eigenvalue weighted by molar-refractivity contribution is 5.49. The van der Waals surface area contributed by atoms with E-state index < -0.39 is 5.92 Å². The van der Waals surface area contributed by atoms with Crippen LogP contribution in [-0.4, -0.2) is 13.2 Å². The molecule has 6 heteroatoms. The van der Waals surface area contributed by atoms with Crippen LogP contribution in [0, 0.1) is 0 Å². The highest BCUT2D eigenvalue weighted by Crippen LogP contribution is 2.39. The van der Waals surface area contributed by atoms with E-state index in [9.17, 15) is 8.78 Å². The molecule has 0 radical (unpaired) electrons. The number of fused-ring (bicyclic) bond motifs is 1. The van der Waals surface area contributed by atoms with Crippen molar-refractivity contribution < 1.29 is 23.1 Å². The molecule has 17 heavy (non-hydrogen) atoms. The van der Waals surface area contributed by atoms with Crippen LogP contribution < -0.4 is 15.4 Å². The third kappa shape index (κ3) is 2.48. The van der Waals surface area contributed by atoms with Crippen LogP contribution >= 0.6 is 0 Å². The van der Waals surface area contributed by atoms with Gasteiger partial charge < -0.3 is 9.47 Å². The molecular weight excluding hydrogens is 232 g/mol. The molecule has 94 valence electrons. The minimum Gasteiger partial charge on any atom is -0.486 e. The molecule has 0 spiro atoms. The number of benzene rings is 1. The molecule has 4 nitrogen and oxygen atoms in total. The molecule has 2 N–H and O–H groups in total. The van der Waals surface area contributed by atoms with Crippen LogP contribution in [-0.2, 0) is 17.4 Å². The maximum absolute atomic E-state index is 13.4. The summed E-state index contributed by atoms with van der Waals surface area (Å²) < 4.78 is 37.4. The van der Waals surface area contributed by atoms with Crippen molar-refractivity contribution in [2.24, 2.45) is 5.90 Å². The Balaban J connectivity index is 2.48. The topological polar surface area (TPSA) is 53.7 Å². The second-order valence-corrected chi connectivity index (χ2v) is 3.85. The van der Waals surface area contributed by atoms with Crippen LogP contribution in [0.4, 0.5) is 8.78 Å². The monoisotopic (exact) mass is 245 g/mol. The van der Waals surface area contributed by atoms with E-state index in [0.29, 0.717) is 30.3 Å². The molecule has 2 rings (SSSR count). The zero-order chi connectivity index (χ0) is 12.5. The number of hydrogen-bond acceptors (Lipinski definition) is 4. The minimum absolute atomic E-state index is 0.102. The molecule has 1 aromatic rings. The predicted octanol–water partition coefficient (Wildman–Crippen LogP) is 1.96. The van der Waals surface area contributed by atoms with Crippen molar-refractivity contribution in [1.29, 1.82) is 0 Å². The van der Waals surface area contributed by atoms with Gasteiger partial charge in [-0.05, 0) is 17.7 Å². The van der Waals surface area contributed by atoms with Gasteiger partial charge in [-0.3, -0.25) is 4.84 Å². The molecule has 0 fully saturated rings. The van der Waals surface area contributed by atoms with Crippen LogP contribution in [0.2, 0.25) is 0 Å². The summed E-state index contributed by atoms with van der Waals surface area (Å²) in [6, 6.07) is 2.76. The van der Waals surface area contributed by atoms with Crippen LogP contribution in [0.15, 0.2) is 12.1 Å². The highest BCUT2D eigenvalue weighted by Gasteiger charge is 2.30. The number of alkyl halides is 2. The Hall–Kier alpha value is -1.40. The van der Waals surface area contributed by atoms with Gasteiger partial charge in [0, 0.05) is 12.5 Å². The maximum atomic E-state index is 13.4. The zero-order valence-corrected chi connectivity index (χ0v) is 9.33. The van der Waals surface area contributed by atoms with Gasteiger partial charge >= 0.3 is 0 Å². The number of nitrogens with two attached hydrogens (primary N) is 1. The van der Waals surface area contributed by atoms with Gasteiger partial charge in [0.2, 0.25) is 0 Å². The van der Waals surface area contributed by atoms with E-state index in [-0.39, 0.29) is 12.2 Å². The van der Waals surface area contributed by atoms with E-state index in [1.165, 1.54) is 12.1 Å². The van der Waals surface area contributed by atoms with Crippen LogP contribution in [0.5, 0.6) is 11.5 Å². The van der Waals surface area contributed by atoms with Crippen LogP contribution in [0.3, 0.4) is 0 Å². The summed E-state index contributed by atoms with van der Waals surface area (Å²) in [6.45, 7) is 1.47. The quantitative estimate of drug-likeness (QED) is 0.827. The molecule has 0 aliphatic carbocycles. The normalized spacial score (nSPS) is 14.8. The van der Waals surface area contributed by atoms with Crippen LogP contribution in [0.1, 0.15) is 18.1 Å². The predicted molar refractivity (Wildman–Crippen MR) is 56.0 cm³/mol. The number of hydrogen-bond donors (Lipinski definition) is 1. The molecule has 0 atom stereocenters. The van der Waals surface area contributed by atoms with Gasteiger partial charge in [0.05, 0.1) is 6.61 Å². The summed E-state index contributed by atoms with van der Waals surface area (Å²) >= 11 is 0. The lowest BCUT2D eigenvalue weighted by Gasteiger charge is -2.23. The van der Waals surface area contributed by atoms with Crippen molar-refractivity contribution >= 4 is 0 Å². The van der Waals surface area contributed by atoms with Crippen molar-refractivity contribution in [3.8, 4) is 11.5 Å². The van der Waals surface area contributed by atoms with E-state index in [1.807, 2.05) is 0 Å². The minimum atomic E-state index is -2.98. The van der Waals surface area contributed by atoms with E-state index in [4.69, 9.17) is 15.4 Å². The fourth-order valence-electron chi connectivity index (χ4n) is 1.75. The van der Waals surface area contributed by atoms with Crippen molar-refractivity contribution in [2.45, 2.75) is 19.5 Å². The first-order valence-corrected chi connectivity index (χ1v) is 5.15. The Bertz CT molecular complexity index is 418.